The summed E-state index contributed by atoms with van der Waals surface area (Å²) in [6, 6.07) is 6.58. The van der Waals surface area contributed by atoms with Crippen LogP contribution in [0.3, 0.4) is 0 Å². The molecule has 8 heteroatoms. The monoisotopic (exact) mass is 397 g/mol. The number of amides is 2. The molecule has 2 aromatic heterocycles. The number of aromatic nitrogens is 3. The van der Waals surface area contributed by atoms with E-state index in [2.05, 4.69) is 54.2 Å². The van der Waals surface area contributed by atoms with Crippen LogP contribution in [0.5, 0.6) is 0 Å². The van der Waals surface area contributed by atoms with Crippen molar-refractivity contribution in [3.8, 4) is 0 Å². The summed E-state index contributed by atoms with van der Waals surface area (Å²) in [5.74, 6) is 0.819. The Morgan fingerprint density at radius 3 is 2.34 bits per heavy atom. The zero-order valence-corrected chi connectivity index (χ0v) is 17.0. The lowest BCUT2D eigenvalue weighted by atomic mass is 10.1. The number of nitrogens with zero attached hydrogens (tertiary/aromatic N) is 6. The highest BCUT2D eigenvalue weighted by Gasteiger charge is 2.23. The highest BCUT2D eigenvalue weighted by Crippen LogP contribution is 2.22. The number of anilines is 1. The van der Waals surface area contributed by atoms with E-state index < -0.39 is 0 Å². The van der Waals surface area contributed by atoms with Crippen molar-refractivity contribution in [1.82, 2.24) is 29.7 Å². The third-order valence-corrected chi connectivity index (χ3v) is 5.94. The van der Waals surface area contributed by atoms with Crippen LogP contribution in [0.15, 0.2) is 43.0 Å². The Hall–Kier alpha value is -2.61. The highest BCUT2D eigenvalue weighted by molar-refractivity contribution is 5.74. The number of carbonyl (C=O) groups is 1. The van der Waals surface area contributed by atoms with Gasteiger partial charge in [0.1, 0.15) is 0 Å². The molecule has 0 atom stereocenters. The van der Waals surface area contributed by atoms with Crippen LogP contribution in [0.4, 0.5) is 10.7 Å². The van der Waals surface area contributed by atoms with Crippen LogP contribution in [0, 0.1) is 0 Å². The van der Waals surface area contributed by atoms with Crippen LogP contribution in [0.1, 0.15) is 25.3 Å². The second-order valence-electron chi connectivity index (χ2n) is 7.81. The van der Waals surface area contributed by atoms with Crippen molar-refractivity contribution in [2.24, 2.45) is 0 Å². The molecule has 0 bridgehead atoms. The summed E-state index contributed by atoms with van der Waals surface area (Å²) in [6.45, 7) is 7.34. The molecule has 0 aliphatic carbocycles. The molecule has 29 heavy (non-hydrogen) atoms. The largest absolute Gasteiger partial charge is 0.351 e. The number of nitrogens with one attached hydrogen (secondary N) is 1. The molecule has 0 saturated carbocycles. The highest BCUT2D eigenvalue weighted by atomic mass is 16.2. The van der Waals surface area contributed by atoms with E-state index in [4.69, 9.17) is 0 Å². The number of hydrogen-bond acceptors (Lipinski definition) is 5. The maximum Gasteiger partial charge on any atom is 0.317 e. The van der Waals surface area contributed by atoms with Crippen molar-refractivity contribution in [3.63, 3.8) is 0 Å². The van der Waals surface area contributed by atoms with Gasteiger partial charge >= 0.3 is 6.03 Å². The third kappa shape index (κ3) is 5.26. The van der Waals surface area contributed by atoms with E-state index in [-0.39, 0.29) is 6.03 Å². The van der Waals surface area contributed by atoms with Gasteiger partial charge < -0.3 is 19.7 Å². The molecule has 0 unspecified atom stereocenters. The molecular formula is C21H31N7O. The average Bonchev–Trinajstić information content (AvgIpc) is 3.33. The second kappa shape index (κ2) is 9.73. The molecule has 2 saturated heterocycles. The molecule has 0 spiro atoms. The molecule has 1 N–H and O–H groups in total. The Balaban J connectivity index is 1.09. The predicted octanol–water partition coefficient (Wildman–Crippen LogP) is 1.84. The van der Waals surface area contributed by atoms with Gasteiger partial charge in [0.05, 0.1) is 0 Å². The van der Waals surface area contributed by atoms with Gasteiger partial charge in [0.25, 0.3) is 0 Å². The van der Waals surface area contributed by atoms with Crippen molar-refractivity contribution in [2.75, 3.05) is 57.3 Å². The Morgan fingerprint density at radius 1 is 0.966 bits per heavy atom. The third-order valence-electron chi connectivity index (χ3n) is 5.94. The Kier molecular flexibility index (Phi) is 6.61. The average molecular weight is 398 g/mol. The molecule has 156 valence electrons. The number of likely N-dealkylation sites (tertiary alicyclic amines) is 1. The van der Waals surface area contributed by atoms with Gasteiger partial charge in [0.15, 0.2) is 0 Å². The zero-order chi connectivity index (χ0) is 19.9. The minimum Gasteiger partial charge on any atom is -0.351 e. The fraction of sp³-hybridized carbons (Fsp3) is 0.571. The minimum atomic E-state index is 0.0852. The topological polar surface area (TPSA) is 69.5 Å². The van der Waals surface area contributed by atoms with Gasteiger partial charge in [-0.2, -0.15) is 0 Å². The smallest absolute Gasteiger partial charge is 0.317 e. The molecule has 0 aromatic carbocycles. The first kappa shape index (κ1) is 19.7. The van der Waals surface area contributed by atoms with Gasteiger partial charge in [-0.05, 0) is 44.0 Å². The summed E-state index contributed by atoms with van der Waals surface area (Å²) in [4.78, 5) is 27.7. The summed E-state index contributed by atoms with van der Waals surface area (Å²) < 4.78 is 2.26. The van der Waals surface area contributed by atoms with Crippen molar-refractivity contribution in [2.45, 2.75) is 25.3 Å². The molecule has 0 radical (unpaired) electrons. The van der Waals surface area contributed by atoms with Crippen molar-refractivity contribution in [3.05, 3.63) is 43.0 Å². The van der Waals surface area contributed by atoms with E-state index in [0.29, 0.717) is 6.04 Å². The SMILES string of the molecule is O=C(NCCCN1CCN(c2ncccn2)CC1)N1CCC(n2cccc2)CC1. The Morgan fingerprint density at radius 2 is 1.66 bits per heavy atom. The number of carbonyl (C=O) groups excluding carboxylic acids is 1. The van der Waals surface area contributed by atoms with E-state index in [0.717, 1.165) is 77.6 Å². The molecule has 2 amide bonds. The van der Waals surface area contributed by atoms with E-state index in [9.17, 15) is 4.79 Å². The van der Waals surface area contributed by atoms with Gasteiger partial charge in [-0.25, -0.2) is 14.8 Å². The molecule has 4 rings (SSSR count). The van der Waals surface area contributed by atoms with Crippen LogP contribution in [-0.4, -0.2) is 82.7 Å². The number of hydrogen-bond donors (Lipinski definition) is 1. The molecule has 8 nitrogen and oxygen atoms in total. The second-order valence-corrected chi connectivity index (χ2v) is 7.81. The fourth-order valence-corrected chi connectivity index (χ4v) is 4.19. The van der Waals surface area contributed by atoms with E-state index in [1.54, 1.807) is 12.4 Å². The van der Waals surface area contributed by atoms with Gasteiger partial charge in [-0.15, -0.1) is 0 Å². The standard InChI is InChI=1S/C21H31N7O/c29-21(28-13-5-19(6-14-28)26-11-1-2-12-26)24-9-4-10-25-15-17-27(18-16-25)20-22-7-3-8-23-20/h1-3,7-8,11-12,19H,4-6,9-10,13-18H2,(H,24,29). The lowest BCUT2D eigenvalue weighted by Crippen LogP contribution is -2.48. The maximum atomic E-state index is 12.4. The van der Waals surface area contributed by atoms with Crippen LogP contribution in [0.2, 0.25) is 0 Å². The van der Waals surface area contributed by atoms with E-state index >= 15 is 0 Å². The predicted molar refractivity (Wildman–Crippen MR) is 113 cm³/mol. The number of rotatable bonds is 6. The van der Waals surface area contributed by atoms with Crippen molar-refractivity contribution in [1.29, 1.82) is 0 Å². The van der Waals surface area contributed by atoms with Crippen LogP contribution >= 0.6 is 0 Å². The van der Waals surface area contributed by atoms with Crippen LogP contribution in [0.25, 0.3) is 0 Å². The van der Waals surface area contributed by atoms with E-state index in [1.807, 2.05) is 11.0 Å². The fourth-order valence-electron chi connectivity index (χ4n) is 4.19. The zero-order valence-electron chi connectivity index (χ0n) is 17.0. The molecule has 2 aliphatic heterocycles. The number of piperidine rings is 1. The Bertz CT molecular complexity index is 736. The minimum absolute atomic E-state index is 0.0852. The Labute approximate surface area is 172 Å². The maximum absolute atomic E-state index is 12.4. The quantitative estimate of drug-likeness (QED) is 0.754. The summed E-state index contributed by atoms with van der Waals surface area (Å²) in [5, 5.41) is 3.10. The first-order valence-corrected chi connectivity index (χ1v) is 10.7. The van der Waals surface area contributed by atoms with Gasteiger partial charge in [0, 0.05) is 76.6 Å². The molecule has 2 aliphatic rings. The molecule has 2 aromatic rings. The van der Waals surface area contributed by atoms with E-state index in [1.165, 1.54) is 0 Å². The lowest BCUT2D eigenvalue weighted by Gasteiger charge is -2.35. The van der Waals surface area contributed by atoms with Crippen LogP contribution < -0.4 is 10.2 Å². The molecule has 2 fully saturated rings. The summed E-state index contributed by atoms with van der Waals surface area (Å²) in [5.41, 5.74) is 0. The van der Waals surface area contributed by atoms with Crippen molar-refractivity contribution < 1.29 is 4.79 Å². The summed E-state index contributed by atoms with van der Waals surface area (Å²) in [6.07, 6.45) is 10.9. The summed E-state index contributed by atoms with van der Waals surface area (Å²) >= 11 is 0. The summed E-state index contributed by atoms with van der Waals surface area (Å²) in [7, 11) is 0. The number of urea groups is 1. The molecular weight excluding hydrogens is 366 g/mol. The van der Waals surface area contributed by atoms with Gasteiger partial charge in [-0.3, -0.25) is 4.90 Å². The van der Waals surface area contributed by atoms with Gasteiger partial charge in [-0.1, -0.05) is 0 Å². The first-order chi connectivity index (χ1) is 14.3. The lowest BCUT2D eigenvalue weighted by molar-refractivity contribution is 0.171. The normalized spacial score (nSPS) is 18.8. The first-order valence-electron chi connectivity index (χ1n) is 10.7. The molecule has 4 heterocycles. The van der Waals surface area contributed by atoms with Crippen LogP contribution in [-0.2, 0) is 0 Å². The number of piperazine rings is 1. The van der Waals surface area contributed by atoms with Crippen molar-refractivity contribution >= 4 is 12.0 Å². The van der Waals surface area contributed by atoms with Gasteiger partial charge in [0.2, 0.25) is 5.95 Å².